The highest BCUT2D eigenvalue weighted by molar-refractivity contribution is 5.36. The quantitative estimate of drug-likeness (QED) is 0.643. The molecule has 0 fully saturated rings. The average molecular weight is 152 g/mol. The van der Waals surface area contributed by atoms with Crippen molar-refractivity contribution in [2.24, 2.45) is 0 Å². The first-order valence-electron chi connectivity index (χ1n) is 3.59. The minimum absolute atomic E-state index is 0.167. The molecule has 0 aliphatic heterocycles. The van der Waals surface area contributed by atoms with Crippen LogP contribution < -0.4 is 0 Å². The molecular weight excluding hydrogens is 140 g/mol. The fraction of sp³-hybridized carbons (Fsp3) is 0.333. The molecule has 0 aliphatic rings. The average Bonchev–Trinajstić information content (AvgIpc) is 1.85. The van der Waals surface area contributed by atoms with Crippen LogP contribution in [-0.4, -0.2) is 10.2 Å². The van der Waals surface area contributed by atoms with Gasteiger partial charge in [-0.15, -0.1) is 0 Å². The highest BCUT2D eigenvalue weighted by atomic mass is 16.3. The number of phenols is 1. The Morgan fingerprint density at radius 1 is 1.36 bits per heavy atom. The Labute approximate surface area is 66.1 Å². The first-order chi connectivity index (χ1) is 5.11. The van der Waals surface area contributed by atoms with Gasteiger partial charge in [0.2, 0.25) is 0 Å². The lowest BCUT2D eigenvalue weighted by molar-refractivity contribution is 0.195. The van der Waals surface area contributed by atoms with Gasteiger partial charge in [0.05, 0.1) is 6.10 Å². The Bertz CT molecular complexity index is 254. The molecule has 0 aliphatic carbocycles. The van der Waals surface area contributed by atoms with Gasteiger partial charge >= 0.3 is 0 Å². The molecule has 1 aromatic carbocycles. The second kappa shape index (κ2) is 2.93. The molecule has 0 spiro atoms. The molecule has 0 radical (unpaired) electrons. The topological polar surface area (TPSA) is 40.5 Å². The number of hydrogen-bond donors (Lipinski definition) is 2. The van der Waals surface area contributed by atoms with E-state index in [1.54, 1.807) is 19.1 Å². The summed E-state index contributed by atoms with van der Waals surface area (Å²) >= 11 is 0. The number of benzene rings is 1. The fourth-order valence-corrected chi connectivity index (χ4v) is 1.01. The monoisotopic (exact) mass is 152 g/mol. The zero-order valence-electron chi connectivity index (χ0n) is 6.70. The van der Waals surface area contributed by atoms with Crippen LogP contribution in [0.1, 0.15) is 24.2 Å². The van der Waals surface area contributed by atoms with E-state index >= 15 is 0 Å². The summed E-state index contributed by atoms with van der Waals surface area (Å²) in [7, 11) is 0. The van der Waals surface area contributed by atoms with Gasteiger partial charge in [0.1, 0.15) is 5.75 Å². The molecule has 1 aromatic rings. The molecule has 1 atom stereocenters. The van der Waals surface area contributed by atoms with Gasteiger partial charge in [0.15, 0.2) is 0 Å². The minimum Gasteiger partial charge on any atom is -0.508 e. The fourth-order valence-electron chi connectivity index (χ4n) is 1.01. The standard InChI is InChI=1S/C9H12O2/c1-6-3-4-8(7(2)10)9(11)5-6/h3-5,7,10-11H,1-2H3. The van der Waals surface area contributed by atoms with E-state index in [-0.39, 0.29) is 5.75 Å². The summed E-state index contributed by atoms with van der Waals surface area (Å²) in [4.78, 5) is 0. The maximum atomic E-state index is 9.30. The molecule has 0 aromatic heterocycles. The van der Waals surface area contributed by atoms with Crippen molar-refractivity contribution in [2.45, 2.75) is 20.0 Å². The van der Waals surface area contributed by atoms with Gasteiger partial charge in [0, 0.05) is 5.56 Å². The number of phenolic OH excluding ortho intramolecular Hbond substituents is 1. The van der Waals surface area contributed by atoms with Crippen LogP contribution in [-0.2, 0) is 0 Å². The molecule has 0 amide bonds. The normalized spacial score (nSPS) is 13.0. The molecule has 0 bridgehead atoms. The van der Waals surface area contributed by atoms with Gasteiger partial charge < -0.3 is 10.2 Å². The second-order valence-electron chi connectivity index (χ2n) is 2.74. The van der Waals surface area contributed by atoms with Gasteiger partial charge in [-0.2, -0.15) is 0 Å². The van der Waals surface area contributed by atoms with E-state index in [1.807, 2.05) is 13.0 Å². The van der Waals surface area contributed by atoms with Crippen molar-refractivity contribution < 1.29 is 10.2 Å². The largest absolute Gasteiger partial charge is 0.508 e. The van der Waals surface area contributed by atoms with Crippen LogP contribution >= 0.6 is 0 Å². The highest BCUT2D eigenvalue weighted by Gasteiger charge is 2.05. The highest BCUT2D eigenvalue weighted by Crippen LogP contribution is 2.24. The smallest absolute Gasteiger partial charge is 0.121 e. The van der Waals surface area contributed by atoms with Gasteiger partial charge in [-0.3, -0.25) is 0 Å². The van der Waals surface area contributed by atoms with Crippen LogP contribution in [0.4, 0.5) is 0 Å². The van der Waals surface area contributed by atoms with Crippen molar-refractivity contribution in [3.8, 4) is 5.75 Å². The van der Waals surface area contributed by atoms with E-state index < -0.39 is 6.10 Å². The van der Waals surface area contributed by atoms with Crippen LogP contribution in [0.2, 0.25) is 0 Å². The van der Waals surface area contributed by atoms with Gasteiger partial charge in [-0.1, -0.05) is 12.1 Å². The van der Waals surface area contributed by atoms with Crippen molar-refractivity contribution >= 4 is 0 Å². The summed E-state index contributed by atoms with van der Waals surface area (Å²) in [5.41, 5.74) is 1.57. The van der Waals surface area contributed by atoms with Crippen LogP contribution in [0.5, 0.6) is 5.75 Å². The first-order valence-corrected chi connectivity index (χ1v) is 3.59. The molecular formula is C9H12O2. The van der Waals surface area contributed by atoms with Crippen molar-refractivity contribution in [2.75, 3.05) is 0 Å². The number of rotatable bonds is 1. The molecule has 0 saturated heterocycles. The summed E-state index contributed by atoms with van der Waals surface area (Å²) in [6, 6.07) is 5.24. The number of aliphatic hydroxyl groups excluding tert-OH is 1. The van der Waals surface area contributed by atoms with E-state index in [0.717, 1.165) is 5.56 Å². The molecule has 1 unspecified atom stereocenters. The molecule has 0 heterocycles. The number of aryl methyl sites for hydroxylation is 1. The predicted molar refractivity (Wildman–Crippen MR) is 43.5 cm³/mol. The summed E-state index contributed by atoms with van der Waals surface area (Å²) in [5, 5.41) is 18.4. The van der Waals surface area contributed by atoms with Gasteiger partial charge in [-0.05, 0) is 25.5 Å². The third kappa shape index (κ3) is 1.71. The summed E-state index contributed by atoms with van der Waals surface area (Å²) < 4.78 is 0. The van der Waals surface area contributed by atoms with Gasteiger partial charge in [0.25, 0.3) is 0 Å². The maximum absolute atomic E-state index is 9.30. The van der Waals surface area contributed by atoms with Crippen LogP contribution in [0.15, 0.2) is 18.2 Å². The molecule has 2 heteroatoms. The Balaban J connectivity index is 3.09. The molecule has 2 nitrogen and oxygen atoms in total. The van der Waals surface area contributed by atoms with Crippen molar-refractivity contribution in [1.29, 1.82) is 0 Å². The lowest BCUT2D eigenvalue weighted by Gasteiger charge is -2.06. The molecule has 1 rings (SSSR count). The summed E-state index contributed by atoms with van der Waals surface area (Å²) in [6.07, 6.45) is -0.601. The third-order valence-corrected chi connectivity index (χ3v) is 1.64. The minimum atomic E-state index is -0.601. The molecule has 60 valence electrons. The maximum Gasteiger partial charge on any atom is 0.121 e. The summed E-state index contributed by atoms with van der Waals surface area (Å²) in [6.45, 7) is 3.52. The zero-order chi connectivity index (χ0) is 8.43. The van der Waals surface area contributed by atoms with Gasteiger partial charge in [-0.25, -0.2) is 0 Å². The van der Waals surface area contributed by atoms with Crippen LogP contribution in [0.3, 0.4) is 0 Å². The predicted octanol–water partition coefficient (Wildman–Crippen LogP) is 1.75. The van der Waals surface area contributed by atoms with E-state index in [4.69, 9.17) is 5.11 Å². The second-order valence-corrected chi connectivity index (χ2v) is 2.74. The Morgan fingerprint density at radius 2 is 2.00 bits per heavy atom. The first kappa shape index (κ1) is 8.08. The number of aliphatic hydroxyl groups is 1. The van der Waals surface area contributed by atoms with Crippen molar-refractivity contribution in [1.82, 2.24) is 0 Å². The lowest BCUT2D eigenvalue weighted by Crippen LogP contribution is -1.91. The Hall–Kier alpha value is -1.02. The molecule has 2 N–H and O–H groups in total. The Kier molecular flexibility index (Phi) is 2.15. The van der Waals surface area contributed by atoms with E-state index in [1.165, 1.54) is 0 Å². The zero-order valence-corrected chi connectivity index (χ0v) is 6.70. The Morgan fingerprint density at radius 3 is 2.45 bits per heavy atom. The van der Waals surface area contributed by atoms with Crippen LogP contribution in [0.25, 0.3) is 0 Å². The van der Waals surface area contributed by atoms with Crippen molar-refractivity contribution in [3.63, 3.8) is 0 Å². The lowest BCUT2D eigenvalue weighted by atomic mass is 10.1. The van der Waals surface area contributed by atoms with Crippen molar-refractivity contribution in [3.05, 3.63) is 29.3 Å². The molecule has 11 heavy (non-hydrogen) atoms. The van der Waals surface area contributed by atoms with E-state index in [0.29, 0.717) is 5.56 Å². The SMILES string of the molecule is Cc1ccc(C(C)O)c(O)c1. The van der Waals surface area contributed by atoms with E-state index in [2.05, 4.69) is 0 Å². The number of aromatic hydroxyl groups is 1. The third-order valence-electron chi connectivity index (χ3n) is 1.64. The van der Waals surface area contributed by atoms with E-state index in [9.17, 15) is 5.11 Å². The number of hydrogen-bond acceptors (Lipinski definition) is 2. The summed E-state index contributed by atoms with van der Waals surface area (Å²) in [5.74, 6) is 0.167. The van der Waals surface area contributed by atoms with Crippen LogP contribution in [0, 0.1) is 6.92 Å². The molecule has 0 saturated carbocycles.